The van der Waals surface area contributed by atoms with Crippen LogP contribution >= 0.6 is 11.6 Å². The lowest BCUT2D eigenvalue weighted by Crippen LogP contribution is -1.94. The Kier molecular flexibility index (Phi) is 3.45. The average Bonchev–Trinajstić information content (AvgIpc) is 2.34. The standard InChI is InChI=1S/C13H6ClF2NO/c14-9-4-5-12(11(16)6-9)18-13-8(7-17)2-1-3-10(13)15/h1-6H. The molecule has 0 atom stereocenters. The Balaban J connectivity index is 2.43. The number of hydrogen-bond donors (Lipinski definition) is 0. The molecular weight excluding hydrogens is 260 g/mol. The van der Waals surface area contributed by atoms with Crippen molar-refractivity contribution in [1.82, 2.24) is 0 Å². The van der Waals surface area contributed by atoms with Crippen LogP contribution in [0.4, 0.5) is 8.78 Å². The molecule has 2 aromatic rings. The van der Waals surface area contributed by atoms with E-state index >= 15 is 0 Å². The van der Waals surface area contributed by atoms with Crippen molar-refractivity contribution in [3.63, 3.8) is 0 Å². The number of ether oxygens (including phenoxy) is 1. The van der Waals surface area contributed by atoms with Gasteiger partial charge in [0.2, 0.25) is 0 Å². The Morgan fingerprint density at radius 3 is 2.56 bits per heavy atom. The molecular formula is C13H6ClF2NO. The van der Waals surface area contributed by atoms with Crippen LogP contribution in [0.1, 0.15) is 5.56 Å². The van der Waals surface area contributed by atoms with Gasteiger partial charge >= 0.3 is 0 Å². The molecule has 0 aromatic heterocycles. The zero-order valence-corrected chi connectivity index (χ0v) is 9.71. The van der Waals surface area contributed by atoms with Gasteiger partial charge in [0.25, 0.3) is 0 Å². The van der Waals surface area contributed by atoms with E-state index in [1.54, 1.807) is 6.07 Å². The predicted octanol–water partition coefficient (Wildman–Crippen LogP) is 4.28. The third-order valence-corrected chi connectivity index (χ3v) is 2.43. The van der Waals surface area contributed by atoms with Crippen molar-refractivity contribution in [2.45, 2.75) is 0 Å². The normalized spacial score (nSPS) is 9.89. The molecule has 90 valence electrons. The van der Waals surface area contributed by atoms with E-state index in [4.69, 9.17) is 21.6 Å². The van der Waals surface area contributed by atoms with Crippen molar-refractivity contribution < 1.29 is 13.5 Å². The van der Waals surface area contributed by atoms with Gasteiger partial charge < -0.3 is 4.74 Å². The topological polar surface area (TPSA) is 33.0 Å². The average molecular weight is 266 g/mol. The third-order valence-electron chi connectivity index (χ3n) is 2.19. The van der Waals surface area contributed by atoms with Gasteiger partial charge in [-0.3, -0.25) is 0 Å². The zero-order chi connectivity index (χ0) is 13.1. The Labute approximate surface area is 107 Å². The molecule has 18 heavy (non-hydrogen) atoms. The SMILES string of the molecule is N#Cc1cccc(F)c1Oc1ccc(Cl)cc1F. The van der Waals surface area contributed by atoms with E-state index in [-0.39, 0.29) is 22.1 Å². The van der Waals surface area contributed by atoms with Gasteiger partial charge in [0.15, 0.2) is 23.1 Å². The Bertz CT molecular complexity index is 637. The van der Waals surface area contributed by atoms with Crippen molar-refractivity contribution >= 4 is 11.6 Å². The first kappa shape index (κ1) is 12.3. The molecule has 0 bridgehead atoms. The van der Waals surface area contributed by atoms with Gasteiger partial charge in [0.1, 0.15) is 6.07 Å². The van der Waals surface area contributed by atoms with E-state index in [2.05, 4.69) is 0 Å². The molecule has 0 fully saturated rings. The molecule has 0 aliphatic rings. The number of halogens is 3. The highest BCUT2D eigenvalue weighted by molar-refractivity contribution is 6.30. The Morgan fingerprint density at radius 1 is 1.11 bits per heavy atom. The molecule has 0 aliphatic carbocycles. The summed E-state index contributed by atoms with van der Waals surface area (Å²) in [7, 11) is 0. The van der Waals surface area contributed by atoms with Crippen LogP contribution in [-0.4, -0.2) is 0 Å². The molecule has 2 rings (SSSR count). The summed E-state index contributed by atoms with van der Waals surface area (Å²) in [6.45, 7) is 0. The Morgan fingerprint density at radius 2 is 1.89 bits per heavy atom. The lowest BCUT2D eigenvalue weighted by Gasteiger charge is -2.09. The number of para-hydroxylation sites is 1. The molecule has 0 N–H and O–H groups in total. The van der Waals surface area contributed by atoms with Gasteiger partial charge in [0.05, 0.1) is 5.56 Å². The van der Waals surface area contributed by atoms with Crippen molar-refractivity contribution in [3.8, 4) is 17.6 Å². The van der Waals surface area contributed by atoms with Crippen LogP contribution in [0.25, 0.3) is 0 Å². The number of rotatable bonds is 2. The van der Waals surface area contributed by atoms with E-state index in [0.717, 1.165) is 12.1 Å². The number of benzene rings is 2. The van der Waals surface area contributed by atoms with Gasteiger partial charge in [-0.05, 0) is 30.3 Å². The maximum atomic E-state index is 13.5. The van der Waals surface area contributed by atoms with Crippen LogP contribution in [0.2, 0.25) is 5.02 Å². The largest absolute Gasteiger partial charge is 0.450 e. The summed E-state index contributed by atoms with van der Waals surface area (Å²) in [6, 6.07) is 9.38. The summed E-state index contributed by atoms with van der Waals surface area (Å²) in [6.07, 6.45) is 0. The van der Waals surface area contributed by atoms with Gasteiger partial charge in [0, 0.05) is 5.02 Å². The van der Waals surface area contributed by atoms with Crippen LogP contribution in [0.3, 0.4) is 0 Å². The van der Waals surface area contributed by atoms with Crippen molar-refractivity contribution in [2.24, 2.45) is 0 Å². The first-order valence-corrected chi connectivity index (χ1v) is 5.31. The minimum absolute atomic E-state index is 0.00986. The molecule has 2 aromatic carbocycles. The molecule has 2 nitrogen and oxygen atoms in total. The monoisotopic (exact) mass is 265 g/mol. The summed E-state index contributed by atoms with van der Waals surface area (Å²) in [5.41, 5.74) is -0.00986. The summed E-state index contributed by atoms with van der Waals surface area (Å²) >= 11 is 5.59. The minimum atomic E-state index is -0.733. The van der Waals surface area contributed by atoms with Crippen LogP contribution in [0.15, 0.2) is 36.4 Å². The summed E-state index contributed by atoms with van der Waals surface area (Å²) in [5, 5.41) is 9.03. The predicted molar refractivity (Wildman–Crippen MR) is 62.6 cm³/mol. The maximum absolute atomic E-state index is 13.5. The molecule has 0 spiro atoms. The van der Waals surface area contributed by atoms with E-state index in [1.807, 2.05) is 0 Å². The third kappa shape index (κ3) is 2.41. The second-order valence-corrected chi connectivity index (χ2v) is 3.84. The zero-order valence-electron chi connectivity index (χ0n) is 8.95. The highest BCUT2D eigenvalue weighted by Crippen LogP contribution is 2.30. The first-order chi connectivity index (χ1) is 8.61. The second-order valence-electron chi connectivity index (χ2n) is 3.41. The molecule has 0 amide bonds. The van der Waals surface area contributed by atoms with Crippen LogP contribution in [0.5, 0.6) is 11.5 Å². The minimum Gasteiger partial charge on any atom is -0.450 e. The molecule has 0 aliphatic heterocycles. The van der Waals surface area contributed by atoms with Gasteiger partial charge in [-0.1, -0.05) is 17.7 Å². The van der Waals surface area contributed by atoms with Gasteiger partial charge in [-0.2, -0.15) is 5.26 Å². The second kappa shape index (κ2) is 5.03. The van der Waals surface area contributed by atoms with Crippen molar-refractivity contribution in [2.75, 3.05) is 0 Å². The quantitative estimate of drug-likeness (QED) is 0.812. The Hall–Kier alpha value is -2.12. The molecule has 5 heteroatoms. The molecule has 0 heterocycles. The summed E-state index contributed by atoms with van der Waals surface area (Å²) in [4.78, 5) is 0. The maximum Gasteiger partial charge on any atom is 0.180 e. The lowest BCUT2D eigenvalue weighted by atomic mass is 10.2. The van der Waals surface area contributed by atoms with E-state index in [9.17, 15) is 8.78 Å². The fraction of sp³-hybridized carbons (Fsp3) is 0. The van der Waals surface area contributed by atoms with Crippen molar-refractivity contribution in [1.29, 1.82) is 5.26 Å². The van der Waals surface area contributed by atoms with Crippen molar-refractivity contribution in [3.05, 3.63) is 58.6 Å². The summed E-state index contributed by atoms with van der Waals surface area (Å²) in [5.74, 6) is -1.96. The number of nitrogens with zero attached hydrogens (tertiary/aromatic N) is 1. The van der Waals surface area contributed by atoms with E-state index < -0.39 is 11.6 Å². The highest BCUT2D eigenvalue weighted by Gasteiger charge is 2.13. The summed E-state index contributed by atoms with van der Waals surface area (Å²) < 4.78 is 32.1. The van der Waals surface area contributed by atoms with E-state index in [1.165, 1.54) is 24.3 Å². The smallest absolute Gasteiger partial charge is 0.180 e. The molecule has 0 unspecified atom stereocenters. The van der Waals surface area contributed by atoms with Gasteiger partial charge in [-0.25, -0.2) is 8.78 Å². The number of hydrogen-bond acceptors (Lipinski definition) is 2. The fourth-order valence-electron chi connectivity index (χ4n) is 1.37. The van der Waals surface area contributed by atoms with Crippen LogP contribution in [-0.2, 0) is 0 Å². The molecule has 0 radical (unpaired) electrons. The van der Waals surface area contributed by atoms with Crippen LogP contribution in [0, 0.1) is 23.0 Å². The first-order valence-electron chi connectivity index (χ1n) is 4.93. The van der Waals surface area contributed by atoms with Crippen LogP contribution < -0.4 is 4.74 Å². The molecule has 0 saturated heterocycles. The van der Waals surface area contributed by atoms with Gasteiger partial charge in [-0.15, -0.1) is 0 Å². The lowest BCUT2D eigenvalue weighted by molar-refractivity contribution is 0.413. The van der Waals surface area contributed by atoms with E-state index in [0.29, 0.717) is 0 Å². The number of nitriles is 1. The molecule has 0 saturated carbocycles. The fourth-order valence-corrected chi connectivity index (χ4v) is 1.53. The highest BCUT2D eigenvalue weighted by atomic mass is 35.5.